The minimum absolute atomic E-state index is 0.00882. The Balaban J connectivity index is 1.90. The summed E-state index contributed by atoms with van der Waals surface area (Å²) in [6.07, 6.45) is -1.10. The van der Waals surface area contributed by atoms with Gasteiger partial charge in [-0.05, 0) is 76.6 Å². The van der Waals surface area contributed by atoms with Gasteiger partial charge in [0.1, 0.15) is 29.9 Å². The molecule has 0 fully saturated rings. The number of ether oxygens (including phenoxy) is 1. The highest BCUT2D eigenvalue weighted by atomic mass is 16.5. The van der Waals surface area contributed by atoms with Crippen molar-refractivity contribution in [1.82, 2.24) is 26.6 Å². The lowest BCUT2D eigenvalue weighted by molar-refractivity contribution is -0.142. The van der Waals surface area contributed by atoms with Crippen LogP contribution in [0, 0.1) is 0 Å². The van der Waals surface area contributed by atoms with Crippen LogP contribution in [0.5, 0.6) is 5.75 Å². The van der Waals surface area contributed by atoms with E-state index in [0.717, 1.165) is 5.56 Å². The number of aliphatic carboxylic acids is 4. The molecule has 0 aliphatic carbocycles. The third-order valence-electron chi connectivity index (χ3n) is 9.09. The first-order valence-corrected chi connectivity index (χ1v) is 18.9. The van der Waals surface area contributed by atoms with Crippen molar-refractivity contribution in [2.24, 2.45) is 0 Å². The number of nitrogens with one attached hydrogen (secondary N) is 5. The Kier molecular flexibility index (Phi) is 19.3. The van der Waals surface area contributed by atoms with Gasteiger partial charge < -0.3 is 56.9 Å². The third-order valence-corrected chi connectivity index (χ3v) is 9.09. The monoisotopic (exact) mass is 829 g/mol. The lowest BCUT2D eigenvalue weighted by atomic mass is 9.98. The van der Waals surface area contributed by atoms with Gasteiger partial charge in [-0.15, -0.1) is 0 Å². The maximum Gasteiger partial charge on any atom is 0.326 e. The molecule has 2 aromatic carbocycles. The summed E-state index contributed by atoms with van der Waals surface area (Å²) < 4.78 is 6.04. The first-order chi connectivity index (χ1) is 27.6. The number of phenols is 1. The largest absolute Gasteiger partial charge is 0.508 e. The zero-order valence-electron chi connectivity index (χ0n) is 33.5. The number of carbonyl (C=O) groups excluding carboxylic acids is 4. The van der Waals surface area contributed by atoms with E-state index in [1.807, 2.05) is 5.32 Å². The zero-order chi connectivity index (χ0) is 44.3. The molecular formula is C40H55N5O14. The second-order valence-corrected chi connectivity index (χ2v) is 15.2. The van der Waals surface area contributed by atoms with Gasteiger partial charge in [-0.3, -0.25) is 19.2 Å². The third kappa shape index (κ3) is 19.6. The molecule has 0 bridgehead atoms. The molecule has 2 rings (SSSR count). The quantitative estimate of drug-likeness (QED) is 0.0649. The lowest BCUT2D eigenvalue weighted by Gasteiger charge is -2.30. The van der Waals surface area contributed by atoms with Crippen molar-refractivity contribution in [2.45, 2.75) is 121 Å². The number of rotatable bonds is 26. The van der Waals surface area contributed by atoms with Gasteiger partial charge in [0.25, 0.3) is 0 Å². The molecule has 0 heterocycles. The van der Waals surface area contributed by atoms with Crippen molar-refractivity contribution < 1.29 is 68.6 Å². The summed E-state index contributed by atoms with van der Waals surface area (Å²) in [7, 11) is 0. The molecule has 2 aromatic rings. The first kappa shape index (κ1) is 48.9. The van der Waals surface area contributed by atoms with E-state index in [-0.39, 0.29) is 50.9 Å². The topological polar surface area (TPSA) is 307 Å². The molecule has 0 aliphatic heterocycles. The van der Waals surface area contributed by atoms with Crippen LogP contribution in [-0.4, -0.2) is 115 Å². The smallest absolute Gasteiger partial charge is 0.326 e. The van der Waals surface area contributed by atoms with E-state index in [4.69, 9.17) is 9.84 Å². The molecule has 59 heavy (non-hydrogen) atoms. The fraction of sp³-hybridized carbons (Fsp3) is 0.500. The fourth-order valence-electron chi connectivity index (χ4n) is 5.65. The van der Waals surface area contributed by atoms with Crippen LogP contribution in [0.15, 0.2) is 54.6 Å². The molecule has 10 N–H and O–H groups in total. The number of hydrogen-bond donors (Lipinski definition) is 10. The number of hydrogen-bond acceptors (Lipinski definition) is 10. The molecule has 0 unspecified atom stereocenters. The summed E-state index contributed by atoms with van der Waals surface area (Å²) in [5, 5.41) is 59.1. The summed E-state index contributed by atoms with van der Waals surface area (Å²) in [5.41, 5.74) is -0.358. The van der Waals surface area contributed by atoms with Crippen molar-refractivity contribution in [3.05, 3.63) is 65.7 Å². The van der Waals surface area contributed by atoms with Crippen LogP contribution in [-0.2, 0) is 51.1 Å². The molecule has 19 heteroatoms. The van der Waals surface area contributed by atoms with Crippen LogP contribution in [0.1, 0.15) is 83.8 Å². The number of carboxylic acid groups (broad SMARTS) is 4. The highest BCUT2D eigenvalue weighted by molar-refractivity contribution is 5.91. The van der Waals surface area contributed by atoms with Gasteiger partial charge in [-0.25, -0.2) is 19.2 Å². The van der Waals surface area contributed by atoms with E-state index >= 15 is 0 Å². The van der Waals surface area contributed by atoms with Gasteiger partial charge in [0, 0.05) is 44.2 Å². The van der Waals surface area contributed by atoms with Crippen LogP contribution >= 0.6 is 0 Å². The number of benzene rings is 2. The molecule has 324 valence electrons. The second kappa shape index (κ2) is 23.2. The standard InChI is InChI=1S/C40H55N5O14/c1-39(2,45-32(48)16-14-27(35(52)53)43-38(58)44-28(36(54)55)15-17-33(49)50)20-21-59-40(3,4)19-18-31(47)41-29(22-24-8-6-5-7-9-24)34(51)42-30(37(56)57)23-25-10-12-26(46)13-11-25/h5-13,27-30,46H,14-23H2,1-4H3,(H,41,47)(H,42,51)(H,45,48)(H,49,50)(H,52,53)(H,54,55)(H,56,57)(H2,43,44,58)/t27-,28-,29-,30-/m0/s1. The average Bonchev–Trinajstić information content (AvgIpc) is 3.14. The summed E-state index contributed by atoms with van der Waals surface area (Å²) >= 11 is 0. The van der Waals surface area contributed by atoms with Gasteiger partial charge >= 0.3 is 29.9 Å². The summed E-state index contributed by atoms with van der Waals surface area (Å²) in [5.74, 6) is -7.21. The van der Waals surface area contributed by atoms with Crippen molar-refractivity contribution in [1.29, 1.82) is 0 Å². The molecular weight excluding hydrogens is 774 g/mol. The molecule has 5 amide bonds. The Morgan fingerprint density at radius 3 is 1.66 bits per heavy atom. The van der Waals surface area contributed by atoms with E-state index in [1.165, 1.54) is 12.1 Å². The van der Waals surface area contributed by atoms with Crippen LogP contribution < -0.4 is 26.6 Å². The van der Waals surface area contributed by atoms with Crippen LogP contribution in [0.2, 0.25) is 0 Å². The van der Waals surface area contributed by atoms with E-state index in [1.54, 1.807) is 70.2 Å². The summed E-state index contributed by atoms with van der Waals surface area (Å²) in [4.78, 5) is 97.5. The normalized spacial score (nSPS) is 13.4. The number of urea groups is 1. The Hall–Kier alpha value is -6.24. The maximum atomic E-state index is 13.4. The molecule has 0 radical (unpaired) electrons. The number of carboxylic acids is 4. The molecule has 0 saturated heterocycles. The number of aromatic hydroxyl groups is 1. The molecule has 0 aromatic heterocycles. The van der Waals surface area contributed by atoms with Gasteiger partial charge in [-0.2, -0.15) is 0 Å². The van der Waals surface area contributed by atoms with Crippen LogP contribution in [0.25, 0.3) is 0 Å². The zero-order valence-corrected chi connectivity index (χ0v) is 33.5. The number of amides is 5. The van der Waals surface area contributed by atoms with Gasteiger partial charge in [0.15, 0.2) is 0 Å². The average molecular weight is 830 g/mol. The van der Waals surface area contributed by atoms with E-state index in [9.17, 15) is 58.8 Å². The second-order valence-electron chi connectivity index (χ2n) is 15.2. The van der Waals surface area contributed by atoms with Crippen LogP contribution in [0.3, 0.4) is 0 Å². The Labute approximate surface area is 341 Å². The molecule has 4 atom stereocenters. The predicted molar refractivity (Wildman–Crippen MR) is 210 cm³/mol. The molecule has 0 spiro atoms. The Bertz CT molecular complexity index is 1770. The number of phenolic OH excluding ortho intramolecular Hbond substituents is 1. The molecule has 0 aliphatic rings. The minimum Gasteiger partial charge on any atom is -0.508 e. The van der Waals surface area contributed by atoms with E-state index < -0.39 is 95.8 Å². The van der Waals surface area contributed by atoms with Gasteiger partial charge in [0.05, 0.1) is 5.60 Å². The Morgan fingerprint density at radius 1 is 0.593 bits per heavy atom. The minimum atomic E-state index is -1.57. The first-order valence-electron chi connectivity index (χ1n) is 18.9. The van der Waals surface area contributed by atoms with E-state index in [0.29, 0.717) is 12.0 Å². The van der Waals surface area contributed by atoms with E-state index in [2.05, 4.69) is 21.3 Å². The van der Waals surface area contributed by atoms with Crippen molar-refractivity contribution in [2.75, 3.05) is 6.61 Å². The van der Waals surface area contributed by atoms with Gasteiger partial charge in [0.2, 0.25) is 17.7 Å². The van der Waals surface area contributed by atoms with Crippen molar-refractivity contribution >= 4 is 47.6 Å². The van der Waals surface area contributed by atoms with Crippen LogP contribution in [0.4, 0.5) is 4.79 Å². The Morgan fingerprint density at radius 2 is 1.12 bits per heavy atom. The molecule has 19 nitrogen and oxygen atoms in total. The van der Waals surface area contributed by atoms with Gasteiger partial charge in [-0.1, -0.05) is 42.5 Å². The SMILES string of the molecule is CC(C)(CCOC(C)(C)CCC(=O)N[C@@H](Cc1ccccc1)C(=O)N[C@@H](Cc1ccc(O)cc1)C(=O)O)NC(=O)CC[C@H](NC(=O)N[C@@H](CCC(=O)O)C(=O)O)C(=O)O. The fourth-order valence-corrected chi connectivity index (χ4v) is 5.65. The van der Waals surface area contributed by atoms with Crippen molar-refractivity contribution in [3.63, 3.8) is 0 Å². The predicted octanol–water partition coefficient (Wildman–Crippen LogP) is 1.94. The molecule has 0 saturated carbocycles. The van der Waals surface area contributed by atoms with Crippen molar-refractivity contribution in [3.8, 4) is 5.75 Å². The highest BCUT2D eigenvalue weighted by Gasteiger charge is 2.30. The summed E-state index contributed by atoms with van der Waals surface area (Å²) in [6, 6.07) is 8.12. The highest BCUT2D eigenvalue weighted by Crippen LogP contribution is 2.20. The summed E-state index contributed by atoms with van der Waals surface area (Å²) in [6.45, 7) is 7.11. The maximum absolute atomic E-state index is 13.4. The lowest BCUT2D eigenvalue weighted by Crippen LogP contribution is -2.53. The number of carbonyl (C=O) groups is 8.